The van der Waals surface area contributed by atoms with Gasteiger partial charge in [-0.25, -0.2) is 0 Å². The fourth-order valence-corrected chi connectivity index (χ4v) is 2.68. The van der Waals surface area contributed by atoms with Gasteiger partial charge in [0.25, 0.3) is 0 Å². The van der Waals surface area contributed by atoms with Gasteiger partial charge < -0.3 is 0 Å². The van der Waals surface area contributed by atoms with Gasteiger partial charge in [-0.15, -0.1) is 0 Å². The summed E-state index contributed by atoms with van der Waals surface area (Å²) in [5.74, 6) is 2.34. The molecule has 0 aromatic rings. The Hall–Kier alpha value is -0.0900. The SMILES string of the molecule is C=C1CP(C)C=C1C. The Bertz CT molecular complexity index is 144. The van der Waals surface area contributed by atoms with Crippen molar-refractivity contribution in [2.45, 2.75) is 6.92 Å². The van der Waals surface area contributed by atoms with Crippen LogP contribution in [-0.2, 0) is 0 Å². The molecule has 1 rings (SSSR count). The predicted molar refractivity (Wildman–Crippen MR) is 40.6 cm³/mol. The van der Waals surface area contributed by atoms with E-state index < -0.39 is 0 Å². The van der Waals surface area contributed by atoms with Crippen LogP contribution < -0.4 is 0 Å². The summed E-state index contributed by atoms with van der Waals surface area (Å²) < 4.78 is 0. The minimum atomic E-state index is 0.195. The van der Waals surface area contributed by atoms with Crippen LogP contribution in [0.5, 0.6) is 0 Å². The van der Waals surface area contributed by atoms with E-state index in [1.54, 1.807) is 0 Å². The number of rotatable bonds is 0. The third kappa shape index (κ3) is 1.00. The lowest BCUT2D eigenvalue weighted by atomic mass is 10.2. The Kier molecular flexibility index (Phi) is 1.53. The van der Waals surface area contributed by atoms with E-state index in [2.05, 4.69) is 26.0 Å². The highest BCUT2D eigenvalue weighted by molar-refractivity contribution is 7.60. The molecule has 1 heteroatoms. The van der Waals surface area contributed by atoms with Crippen molar-refractivity contribution in [2.24, 2.45) is 0 Å². The lowest BCUT2D eigenvalue weighted by Gasteiger charge is -1.94. The van der Waals surface area contributed by atoms with Crippen molar-refractivity contribution in [1.82, 2.24) is 0 Å². The van der Waals surface area contributed by atoms with Gasteiger partial charge in [-0.05, 0) is 30.9 Å². The van der Waals surface area contributed by atoms with E-state index in [-0.39, 0.29) is 7.92 Å². The number of hydrogen-bond donors (Lipinski definition) is 0. The molecule has 0 spiro atoms. The average Bonchev–Trinajstić information content (AvgIpc) is 1.85. The van der Waals surface area contributed by atoms with E-state index >= 15 is 0 Å². The number of hydrogen-bond acceptors (Lipinski definition) is 0. The maximum Gasteiger partial charge on any atom is -0.00441 e. The van der Waals surface area contributed by atoms with Crippen molar-refractivity contribution in [3.8, 4) is 0 Å². The number of allylic oxidation sites excluding steroid dienone is 2. The lowest BCUT2D eigenvalue weighted by molar-refractivity contribution is 1.42. The van der Waals surface area contributed by atoms with Crippen LogP contribution in [0.4, 0.5) is 0 Å². The average molecular weight is 126 g/mol. The smallest absolute Gasteiger partial charge is 0.00441 e. The molecule has 0 saturated carbocycles. The van der Waals surface area contributed by atoms with E-state index in [4.69, 9.17) is 0 Å². The van der Waals surface area contributed by atoms with Gasteiger partial charge in [0.15, 0.2) is 0 Å². The fourth-order valence-electron chi connectivity index (χ4n) is 0.893. The van der Waals surface area contributed by atoms with Crippen LogP contribution in [0, 0.1) is 0 Å². The van der Waals surface area contributed by atoms with Crippen LogP contribution in [0.2, 0.25) is 0 Å². The molecular weight excluding hydrogens is 115 g/mol. The minimum Gasteiger partial charge on any atom is -0.0952 e. The van der Waals surface area contributed by atoms with Crippen LogP contribution in [0.1, 0.15) is 6.92 Å². The first-order valence-electron chi connectivity index (χ1n) is 2.77. The quantitative estimate of drug-likeness (QED) is 0.437. The van der Waals surface area contributed by atoms with Crippen molar-refractivity contribution < 1.29 is 0 Å². The summed E-state index contributed by atoms with van der Waals surface area (Å²) in [6.07, 6.45) is 1.24. The van der Waals surface area contributed by atoms with E-state index in [9.17, 15) is 0 Å². The first-order valence-corrected chi connectivity index (χ1v) is 4.81. The van der Waals surface area contributed by atoms with Gasteiger partial charge in [0.2, 0.25) is 0 Å². The Morgan fingerprint density at radius 1 is 1.75 bits per heavy atom. The lowest BCUT2D eigenvalue weighted by Crippen LogP contribution is -1.76. The van der Waals surface area contributed by atoms with E-state index in [1.807, 2.05) is 0 Å². The van der Waals surface area contributed by atoms with Gasteiger partial charge in [-0.3, -0.25) is 0 Å². The summed E-state index contributed by atoms with van der Waals surface area (Å²) in [6, 6.07) is 0. The molecule has 1 atom stereocenters. The van der Waals surface area contributed by atoms with Gasteiger partial charge >= 0.3 is 0 Å². The topological polar surface area (TPSA) is 0 Å². The Morgan fingerprint density at radius 2 is 2.38 bits per heavy atom. The Balaban J connectivity index is 2.73. The third-order valence-electron chi connectivity index (χ3n) is 1.41. The summed E-state index contributed by atoms with van der Waals surface area (Å²) in [5, 5.41) is 0. The first-order chi connectivity index (χ1) is 3.70. The van der Waals surface area contributed by atoms with Gasteiger partial charge in [-0.1, -0.05) is 20.3 Å². The molecule has 0 aromatic heterocycles. The largest absolute Gasteiger partial charge is 0.0952 e. The maximum absolute atomic E-state index is 3.93. The second-order valence-corrected chi connectivity index (χ2v) is 4.42. The molecule has 1 heterocycles. The van der Waals surface area contributed by atoms with E-state index in [0.717, 1.165) is 0 Å². The molecule has 1 unspecified atom stereocenters. The van der Waals surface area contributed by atoms with Crippen LogP contribution in [-0.4, -0.2) is 12.8 Å². The molecule has 44 valence electrons. The molecule has 0 radical (unpaired) electrons. The molecule has 0 nitrogen and oxygen atoms in total. The van der Waals surface area contributed by atoms with Crippen molar-refractivity contribution >= 4 is 7.92 Å². The highest BCUT2D eigenvalue weighted by Crippen LogP contribution is 2.43. The normalized spacial score (nSPS) is 28.5. The second kappa shape index (κ2) is 2.03. The standard InChI is InChI=1S/C7H11P/c1-6-4-8(3)5-7(6)2/h5H,1,4H2,2-3H3. The van der Waals surface area contributed by atoms with Crippen LogP contribution in [0.3, 0.4) is 0 Å². The molecule has 0 N–H and O–H groups in total. The highest BCUT2D eigenvalue weighted by Gasteiger charge is 2.09. The summed E-state index contributed by atoms with van der Waals surface area (Å²) in [7, 11) is 0.195. The monoisotopic (exact) mass is 126 g/mol. The van der Waals surface area contributed by atoms with E-state index in [1.165, 1.54) is 17.3 Å². The van der Waals surface area contributed by atoms with Crippen molar-refractivity contribution in [1.29, 1.82) is 0 Å². The fraction of sp³-hybridized carbons (Fsp3) is 0.429. The zero-order valence-corrected chi connectivity index (χ0v) is 6.33. The van der Waals surface area contributed by atoms with Crippen molar-refractivity contribution in [3.05, 3.63) is 23.5 Å². The van der Waals surface area contributed by atoms with E-state index in [0.29, 0.717) is 0 Å². The predicted octanol–water partition coefficient (Wildman–Crippen LogP) is 2.57. The van der Waals surface area contributed by atoms with Crippen LogP contribution in [0.15, 0.2) is 23.5 Å². The second-order valence-electron chi connectivity index (χ2n) is 2.33. The summed E-state index contributed by atoms with van der Waals surface area (Å²) >= 11 is 0. The first kappa shape index (κ1) is 6.04. The molecule has 0 bridgehead atoms. The van der Waals surface area contributed by atoms with Gasteiger partial charge in [0.1, 0.15) is 0 Å². The third-order valence-corrected chi connectivity index (χ3v) is 3.12. The van der Waals surface area contributed by atoms with Crippen molar-refractivity contribution in [3.63, 3.8) is 0 Å². The zero-order valence-electron chi connectivity index (χ0n) is 5.44. The molecule has 0 aromatic carbocycles. The van der Waals surface area contributed by atoms with Crippen LogP contribution >= 0.6 is 7.92 Å². The van der Waals surface area contributed by atoms with Gasteiger partial charge in [0.05, 0.1) is 0 Å². The molecule has 0 fully saturated rings. The molecule has 1 aliphatic rings. The molecule has 8 heavy (non-hydrogen) atoms. The summed E-state index contributed by atoms with van der Waals surface area (Å²) in [6.45, 7) is 8.37. The minimum absolute atomic E-state index is 0.195. The van der Waals surface area contributed by atoms with Gasteiger partial charge in [0, 0.05) is 0 Å². The van der Waals surface area contributed by atoms with Crippen LogP contribution in [0.25, 0.3) is 0 Å². The molecule has 0 amide bonds. The Morgan fingerprint density at radius 3 is 2.50 bits per heavy atom. The molecule has 0 saturated heterocycles. The van der Waals surface area contributed by atoms with Gasteiger partial charge in [-0.2, -0.15) is 0 Å². The summed E-state index contributed by atoms with van der Waals surface area (Å²) in [5.41, 5.74) is 2.76. The van der Waals surface area contributed by atoms with Crippen molar-refractivity contribution in [2.75, 3.05) is 12.8 Å². The molecular formula is C7H11P. The summed E-state index contributed by atoms with van der Waals surface area (Å²) in [4.78, 5) is 0. The Labute approximate surface area is 52.0 Å². The zero-order chi connectivity index (χ0) is 6.15. The molecule has 1 aliphatic heterocycles. The maximum atomic E-state index is 3.93. The molecule has 0 aliphatic carbocycles. The highest BCUT2D eigenvalue weighted by atomic mass is 31.1.